The van der Waals surface area contributed by atoms with Gasteiger partial charge in [-0.2, -0.15) is 0 Å². The summed E-state index contributed by atoms with van der Waals surface area (Å²) in [5.74, 6) is 1.72. The molecule has 0 saturated carbocycles. The zero-order valence-corrected chi connectivity index (χ0v) is 37.6. The fraction of sp³-hybridized carbons (Fsp3) is 0.276. The largest absolute Gasteiger partial charge is 0.519 e. The molecule has 0 aromatic heterocycles. The van der Waals surface area contributed by atoms with E-state index in [9.17, 15) is 9.59 Å². The van der Waals surface area contributed by atoms with Crippen LogP contribution in [0.25, 0.3) is 54.2 Å². The zero-order chi connectivity index (χ0) is 44.4. The van der Waals surface area contributed by atoms with Gasteiger partial charge in [-0.1, -0.05) is 186 Å². The van der Waals surface area contributed by atoms with Gasteiger partial charge in [-0.3, -0.25) is 0 Å². The number of rotatable bonds is 17. The van der Waals surface area contributed by atoms with Crippen LogP contribution in [-0.2, 0) is 12.8 Å². The van der Waals surface area contributed by atoms with Gasteiger partial charge in [0.2, 0.25) is 0 Å². The van der Waals surface area contributed by atoms with Gasteiger partial charge in [0, 0.05) is 21.5 Å². The lowest BCUT2D eigenvalue weighted by atomic mass is 9.84. The first-order chi connectivity index (χ1) is 31.3. The second kappa shape index (κ2) is 20.7. The number of carbonyl (C=O) groups is 2. The molecule has 0 heterocycles. The summed E-state index contributed by atoms with van der Waals surface area (Å²) in [4.78, 5) is 27.4. The second-order valence-corrected chi connectivity index (χ2v) is 17.1. The summed E-state index contributed by atoms with van der Waals surface area (Å²) in [6, 6.07) is 44.1. The van der Waals surface area contributed by atoms with E-state index in [-0.39, 0.29) is 0 Å². The van der Waals surface area contributed by atoms with Gasteiger partial charge in [-0.05, 0) is 108 Å². The second-order valence-electron chi connectivity index (χ2n) is 17.1. The number of hydrogen-bond donors (Lipinski definition) is 0. The molecule has 0 unspecified atom stereocenters. The maximum Gasteiger partial charge on any atom is 0.519 e. The molecule has 0 bridgehead atoms. The topological polar surface area (TPSA) is 71.1 Å². The first kappa shape index (κ1) is 44.0. The van der Waals surface area contributed by atoms with Crippen LogP contribution >= 0.6 is 0 Å². The van der Waals surface area contributed by atoms with Crippen molar-refractivity contribution in [2.75, 3.05) is 0 Å². The Morgan fingerprint density at radius 1 is 0.375 bits per heavy atom. The average Bonchev–Trinajstić information content (AvgIpc) is 3.30. The van der Waals surface area contributed by atoms with Crippen LogP contribution in [-0.4, -0.2) is 12.3 Å². The molecule has 8 aromatic carbocycles. The van der Waals surface area contributed by atoms with Crippen LogP contribution in [0.5, 0.6) is 23.0 Å². The molecule has 0 aliphatic rings. The van der Waals surface area contributed by atoms with E-state index in [4.69, 9.17) is 18.9 Å². The maximum atomic E-state index is 13.7. The molecule has 0 amide bonds. The van der Waals surface area contributed by atoms with E-state index in [0.29, 0.717) is 23.0 Å². The fourth-order valence-corrected chi connectivity index (χ4v) is 8.92. The lowest BCUT2D eigenvalue weighted by molar-refractivity contribution is 0.152. The summed E-state index contributed by atoms with van der Waals surface area (Å²) >= 11 is 0. The molecule has 6 heteroatoms. The summed E-state index contributed by atoms with van der Waals surface area (Å²) in [7, 11) is 0. The minimum absolute atomic E-state index is 0.412. The highest BCUT2D eigenvalue weighted by Crippen LogP contribution is 2.50. The lowest BCUT2D eigenvalue weighted by Gasteiger charge is -2.22. The minimum Gasteiger partial charge on any atom is -0.395 e. The molecule has 0 radical (unpaired) electrons. The molecule has 0 spiro atoms. The highest BCUT2D eigenvalue weighted by atomic mass is 16.7. The molecule has 0 saturated heterocycles. The molecule has 8 rings (SSSR count). The van der Waals surface area contributed by atoms with Crippen molar-refractivity contribution in [2.45, 2.75) is 105 Å². The Balaban J connectivity index is 1.35. The molecular formula is C58H58O6. The molecule has 0 N–H and O–H groups in total. The highest BCUT2D eigenvalue weighted by molar-refractivity contribution is 6.27. The van der Waals surface area contributed by atoms with Crippen LogP contribution in [0.2, 0.25) is 0 Å². The van der Waals surface area contributed by atoms with Crippen molar-refractivity contribution in [2.24, 2.45) is 0 Å². The number of fused-ring (bicyclic) bond motifs is 4. The van der Waals surface area contributed by atoms with E-state index in [1.54, 1.807) is 24.3 Å². The molecule has 8 aromatic rings. The summed E-state index contributed by atoms with van der Waals surface area (Å²) in [5.41, 5.74) is 6.61. The first-order valence-corrected chi connectivity index (χ1v) is 23.2. The molecule has 0 fully saturated rings. The fourth-order valence-electron chi connectivity index (χ4n) is 8.92. The third-order valence-electron chi connectivity index (χ3n) is 12.3. The van der Waals surface area contributed by atoms with Crippen LogP contribution in [0.15, 0.2) is 133 Å². The highest BCUT2D eigenvalue weighted by Gasteiger charge is 2.25. The van der Waals surface area contributed by atoms with Crippen molar-refractivity contribution in [3.8, 4) is 34.1 Å². The molecule has 0 aliphatic heterocycles. The quantitative estimate of drug-likeness (QED) is 0.0393. The molecule has 0 atom stereocenters. The van der Waals surface area contributed by atoms with Crippen LogP contribution in [0.3, 0.4) is 0 Å². The van der Waals surface area contributed by atoms with Gasteiger partial charge in [0.1, 0.15) is 23.0 Å². The normalized spacial score (nSPS) is 11.4. The Hall–Kier alpha value is -6.66. The standard InChI is InChI=1S/C58H58O6/c1-5-7-9-11-13-19-41-29-35-49-51(37-41)53(45-21-15-17-23-47(45)55(49)63-57(59)61-43-31-25-39(3)26-32-43)54-46-22-16-18-24-48(46)56(64-58(60)62-44-33-27-40(4)28-34-44)50-36-30-42(38-52(50)54)20-14-12-10-8-6-2/h15-18,21-38H,5-14,19-20H2,1-4H3. The average molecular weight is 851 g/mol. The van der Waals surface area contributed by atoms with E-state index >= 15 is 0 Å². The Kier molecular flexibility index (Phi) is 14.2. The van der Waals surface area contributed by atoms with Crippen molar-refractivity contribution < 1.29 is 28.5 Å². The van der Waals surface area contributed by atoms with E-state index in [1.807, 2.05) is 74.5 Å². The van der Waals surface area contributed by atoms with Gasteiger partial charge >= 0.3 is 12.3 Å². The Labute approximate surface area is 377 Å². The van der Waals surface area contributed by atoms with E-state index in [2.05, 4.69) is 62.4 Å². The third kappa shape index (κ3) is 10.1. The summed E-state index contributed by atoms with van der Waals surface area (Å²) in [6.07, 6.45) is 12.0. The predicted octanol–water partition coefficient (Wildman–Crippen LogP) is 16.8. The maximum absolute atomic E-state index is 13.7. The summed E-state index contributed by atoms with van der Waals surface area (Å²) in [6.45, 7) is 8.46. The van der Waals surface area contributed by atoms with Crippen LogP contribution < -0.4 is 18.9 Å². The molecule has 326 valence electrons. The van der Waals surface area contributed by atoms with Gasteiger partial charge in [0.15, 0.2) is 0 Å². The third-order valence-corrected chi connectivity index (χ3v) is 12.3. The van der Waals surface area contributed by atoms with E-state index in [1.165, 1.54) is 62.5 Å². The Morgan fingerprint density at radius 2 is 0.734 bits per heavy atom. The van der Waals surface area contributed by atoms with Gasteiger partial charge in [-0.15, -0.1) is 0 Å². The van der Waals surface area contributed by atoms with Gasteiger partial charge in [0.05, 0.1) is 0 Å². The first-order valence-electron chi connectivity index (χ1n) is 23.2. The van der Waals surface area contributed by atoms with Gasteiger partial charge < -0.3 is 18.9 Å². The van der Waals surface area contributed by atoms with Gasteiger partial charge in [-0.25, -0.2) is 9.59 Å². The number of unbranched alkanes of at least 4 members (excludes halogenated alkanes) is 8. The molecule has 64 heavy (non-hydrogen) atoms. The van der Waals surface area contributed by atoms with Crippen LogP contribution in [0.1, 0.15) is 100 Å². The smallest absolute Gasteiger partial charge is 0.395 e. The minimum atomic E-state index is -0.804. The number of carbonyl (C=O) groups excluding carboxylic acids is 2. The van der Waals surface area contributed by atoms with Crippen molar-refractivity contribution >= 4 is 55.4 Å². The predicted molar refractivity (Wildman–Crippen MR) is 262 cm³/mol. The lowest BCUT2D eigenvalue weighted by Crippen LogP contribution is -2.14. The molecular weight excluding hydrogens is 793 g/mol. The van der Waals surface area contributed by atoms with Crippen molar-refractivity contribution in [1.82, 2.24) is 0 Å². The van der Waals surface area contributed by atoms with Crippen LogP contribution in [0.4, 0.5) is 9.59 Å². The number of hydrogen-bond acceptors (Lipinski definition) is 6. The zero-order valence-electron chi connectivity index (χ0n) is 37.6. The van der Waals surface area contributed by atoms with Crippen molar-refractivity contribution in [1.29, 1.82) is 0 Å². The van der Waals surface area contributed by atoms with Gasteiger partial charge in [0.25, 0.3) is 0 Å². The number of aryl methyl sites for hydroxylation is 4. The van der Waals surface area contributed by atoms with Crippen molar-refractivity contribution in [3.05, 3.63) is 156 Å². The number of ether oxygens (including phenoxy) is 4. The van der Waals surface area contributed by atoms with E-state index in [0.717, 1.165) is 91.0 Å². The number of benzene rings is 8. The SMILES string of the molecule is CCCCCCCc1ccc2c(OC(=O)Oc3ccc(C)cc3)c3ccccc3c(-c3c4ccccc4c(OC(=O)Oc4ccc(C)cc4)c4ccc(CCCCCCC)cc34)c2c1. The molecule has 6 nitrogen and oxygen atoms in total. The summed E-state index contributed by atoms with van der Waals surface area (Å²) < 4.78 is 24.1. The Bertz CT molecular complexity index is 2710. The monoisotopic (exact) mass is 850 g/mol. The summed E-state index contributed by atoms with van der Waals surface area (Å²) in [5, 5.41) is 6.95. The molecule has 0 aliphatic carbocycles. The van der Waals surface area contributed by atoms with E-state index < -0.39 is 12.3 Å². The Morgan fingerprint density at radius 3 is 1.12 bits per heavy atom. The van der Waals surface area contributed by atoms with Crippen LogP contribution in [0, 0.1) is 13.8 Å². The van der Waals surface area contributed by atoms with Crippen molar-refractivity contribution in [3.63, 3.8) is 0 Å².